The van der Waals surface area contributed by atoms with Gasteiger partial charge in [-0.05, 0) is 211 Å². The summed E-state index contributed by atoms with van der Waals surface area (Å²) in [7, 11) is 0. The third kappa shape index (κ3) is 19.9. The Hall–Kier alpha value is -13.4. The van der Waals surface area contributed by atoms with Gasteiger partial charge < -0.3 is 18.3 Å². The molecule has 0 bridgehead atoms. The molecular weight excluding hydrogens is 1580 g/mol. The van der Waals surface area contributed by atoms with E-state index in [0.717, 1.165) is 39.2 Å². The minimum atomic E-state index is -0.327. The molecule has 0 aliphatic carbocycles. The molecule has 0 fully saturated rings. The zero-order valence-electron chi connectivity index (χ0n) is 85.6. The summed E-state index contributed by atoms with van der Waals surface area (Å²) in [6.07, 6.45) is 0. The SMILES string of the molecule is CC(C)(C)c1c(-c2ccccc2)cccc1-n1c2ccccc2c2ccccc21.CC(C)(C)c1ccc(-n2c3ccccc3c3ccccc32)cc1.CC(C)(C)c1ccc(C(C)(C)C)cc1.CC(C)(C)c1ccccc1-n1c2ccccc2c2ccccc21.Cc1cc(C(C)(C)C)cc(C)n1.[2H]c1c([2H])c(-c2cccc(-n3c4ccccc4c4ccccc43)c2C(C)(C)C)c([2H])c([2H])c1C. The van der Waals surface area contributed by atoms with Crippen LogP contribution < -0.4 is 0 Å². The van der Waals surface area contributed by atoms with Crippen LogP contribution in [0.25, 0.3) is 132 Å². The van der Waals surface area contributed by atoms with Gasteiger partial charge in [-0.2, -0.15) is 0 Å². The van der Waals surface area contributed by atoms with E-state index >= 15 is 0 Å². The van der Waals surface area contributed by atoms with Gasteiger partial charge in [0.05, 0.1) is 61.0 Å². The van der Waals surface area contributed by atoms with E-state index in [-0.39, 0.29) is 62.1 Å². The van der Waals surface area contributed by atoms with Crippen molar-refractivity contribution >= 4 is 87.2 Å². The average Bonchev–Trinajstić information content (AvgIpc) is 1.60. The van der Waals surface area contributed by atoms with Crippen molar-refractivity contribution in [3.63, 3.8) is 0 Å². The molecule has 662 valence electrons. The van der Waals surface area contributed by atoms with Crippen LogP contribution in [-0.2, 0) is 37.9 Å². The normalized spacial score (nSPS) is 12.5. The summed E-state index contributed by atoms with van der Waals surface area (Å²) < 4.78 is 43.7. The predicted molar refractivity (Wildman–Crippen MR) is 570 cm³/mol. The Labute approximate surface area is 785 Å². The summed E-state index contributed by atoms with van der Waals surface area (Å²) in [5.41, 5.74) is 30.7. The van der Waals surface area contributed by atoms with Crippen molar-refractivity contribution in [2.45, 2.75) is 204 Å². The Balaban J connectivity index is 0.000000127. The van der Waals surface area contributed by atoms with Gasteiger partial charge in [-0.15, -0.1) is 0 Å². The van der Waals surface area contributed by atoms with E-state index in [2.05, 4.69) is 490 Å². The van der Waals surface area contributed by atoms with Crippen molar-refractivity contribution in [3.05, 3.63) is 426 Å². The van der Waals surface area contributed by atoms with Crippen LogP contribution in [0.2, 0.25) is 0 Å². The molecule has 0 aliphatic heterocycles. The fraction of sp³-hybridized carbons (Fsp3) is 0.246. The quantitative estimate of drug-likeness (QED) is 0.163. The van der Waals surface area contributed by atoms with Gasteiger partial charge in [0.15, 0.2) is 0 Å². The highest BCUT2D eigenvalue weighted by atomic mass is 15.0. The highest BCUT2D eigenvalue weighted by Crippen LogP contribution is 2.46. The van der Waals surface area contributed by atoms with Gasteiger partial charge in [-0.1, -0.05) is 430 Å². The van der Waals surface area contributed by atoms with Crippen LogP contribution in [0.1, 0.15) is 207 Å². The lowest BCUT2D eigenvalue weighted by atomic mass is 9.80. The van der Waals surface area contributed by atoms with Crippen molar-refractivity contribution in [2.24, 2.45) is 0 Å². The Morgan fingerprint density at radius 1 is 0.214 bits per heavy atom. The smallest absolute Gasteiger partial charge is 0.0629 e. The summed E-state index contributed by atoms with van der Waals surface area (Å²) in [4.78, 5) is 4.35. The second kappa shape index (κ2) is 37.3. The number of hydrogen-bond acceptors (Lipinski definition) is 1. The van der Waals surface area contributed by atoms with Gasteiger partial charge in [0.25, 0.3) is 0 Å². The summed E-state index contributed by atoms with van der Waals surface area (Å²) in [6, 6.07) is 123. The van der Waals surface area contributed by atoms with Crippen LogP contribution in [0.5, 0.6) is 0 Å². The maximum atomic E-state index is 8.72. The molecule has 5 heterocycles. The molecule has 0 saturated heterocycles. The van der Waals surface area contributed by atoms with E-state index in [1.165, 1.54) is 138 Å². The molecule has 0 unspecified atom stereocenters. The van der Waals surface area contributed by atoms with Crippen molar-refractivity contribution in [2.75, 3.05) is 0 Å². The lowest BCUT2D eigenvalue weighted by Crippen LogP contribution is -2.17. The Morgan fingerprint density at radius 3 is 0.779 bits per heavy atom. The minimum absolute atomic E-state index is 0.00312. The first-order valence-electron chi connectivity index (χ1n) is 48.5. The number of benzene rings is 15. The van der Waals surface area contributed by atoms with Crippen molar-refractivity contribution < 1.29 is 5.48 Å². The zero-order chi connectivity index (χ0) is 96.8. The second-order valence-electron chi connectivity index (χ2n) is 42.3. The third-order valence-corrected chi connectivity index (χ3v) is 25.0. The molecule has 20 rings (SSSR count). The van der Waals surface area contributed by atoms with E-state index in [1.54, 1.807) is 6.92 Å². The number of hydrogen-bond donors (Lipinski definition) is 0. The first-order chi connectivity index (χ1) is 63.9. The van der Waals surface area contributed by atoms with Crippen molar-refractivity contribution in [3.8, 4) is 45.0 Å². The highest BCUT2D eigenvalue weighted by Gasteiger charge is 2.30. The van der Waals surface area contributed by atoms with Crippen LogP contribution in [0.3, 0.4) is 0 Å². The van der Waals surface area contributed by atoms with E-state index in [9.17, 15) is 0 Å². The Morgan fingerprint density at radius 2 is 0.473 bits per heavy atom. The number of para-hydroxylation sites is 9. The molecule has 0 saturated carbocycles. The molecule has 0 N–H and O–H groups in total. The molecule has 0 radical (unpaired) electrons. The number of aryl methyl sites for hydroxylation is 2. The molecule has 20 aromatic rings. The standard InChI is InChI=1S/C29H27N.C28H25N.2C22H21N.C14H22.C11H17N/c1-20-16-18-21(19-17-20)22-12-9-15-27(28(22)29(2,3)4)30-25-13-7-5-10-23(25)24-11-6-8-14-26(24)30;1-28(2,3)27-21(20-12-5-4-6-13-20)16-11-19-26(27)29-24-17-9-7-14-22(24)23-15-8-10-18-25(23)29;1-22(2,3)18-12-6-9-15-21(18)23-19-13-7-4-10-16(19)17-11-5-8-14-20(17)23;1-22(2,3)16-12-14-17(15-13-16)23-20-10-6-4-8-18(20)19-9-5-7-11-21(19)23;1-13(2,3)11-7-9-12(10-8-11)14(4,5)6;1-8-6-10(11(3,4)5)7-9(2)12-8/h5-19H,1-4H3;4-19H,1-3H3;2*4-15H,1-3H3;7-10H,1-6H3;6-7H,1-5H3/i16D,17D,18D,19D;;;;;. The number of nitrogens with zero attached hydrogens (tertiary/aromatic N) is 5. The molecule has 15 aromatic carbocycles. The highest BCUT2D eigenvalue weighted by molar-refractivity contribution is 6.12. The molecule has 0 amide bonds. The van der Waals surface area contributed by atoms with Crippen molar-refractivity contribution in [1.29, 1.82) is 0 Å². The summed E-state index contributed by atoms with van der Waals surface area (Å²) in [6.45, 7) is 52.8. The zero-order valence-corrected chi connectivity index (χ0v) is 81.6. The van der Waals surface area contributed by atoms with Gasteiger partial charge in [-0.3, -0.25) is 4.98 Å². The molecular formula is C126H133N5. The average molecular weight is 1720 g/mol. The fourth-order valence-corrected chi connectivity index (χ4v) is 18.5. The van der Waals surface area contributed by atoms with E-state index in [4.69, 9.17) is 5.48 Å². The maximum absolute atomic E-state index is 8.72. The monoisotopic (exact) mass is 1720 g/mol. The van der Waals surface area contributed by atoms with Gasteiger partial charge in [0.1, 0.15) is 0 Å². The number of fused-ring (bicyclic) bond motifs is 12. The largest absolute Gasteiger partial charge is 0.309 e. The summed E-state index contributed by atoms with van der Waals surface area (Å²) in [5.74, 6) is 0. The van der Waals surface area contributed by atoms with Crippen LogP contribution in [0.4, 0.5) is 0 Å². The second-order valence-corrected chi connectivity index (χ2v) is 42.3. The minimum Gasteiger partial charge on any atom is -0.309 e. The predicted octanol–water partition coefficient (Wildman–Crippen LogP) is 35.2. The maximum Gasteiger partial charge on any atom is 0.0629 e. The number of pyridine rings is 1. The van der Waals surface area contributed by atoms with Crippen LogP contribution >= 0.6 is 0 Å². The third-order valence-electron chi connectivity index (χ3n) is 25.0. The van der Waals surface area contributed by atoms with E-state index in [0.29, 0.717) is 11.1 Å². The Kier molecular flexibility index (Phi) is 24.7. The van der Waals surface area contributed by atoms with E-state index in [1.807, 2.05) is 38.1 Å². The van der Waals surface area contributed by atoms with Crippen LogP contribution in [0.15, 0.2) is 370 Å². The summed E-state index contributed by atoms with van der Waals surface area (Å²) >= 11 is 0. The first-order valence-corrected chi connectivity index (χ1v) is 46.5. The fourth-order valence-electron chi connectivity index (χ4n) is 18.5. The molecule has 131 heavy (non-hydrogen) atoms. The van der Waals surface area contributed by atoms with Gasteiger partial charge in [-0.25, -0.2) is 0 Å². The van der Waals surface area contributed by atoms with Gasteiger partial charge in [0.2, 0.25) is 0 Å². The molecule has 0 spiro atoms. The van der Waals surface area contributed by atoms with Crippen molar-refractivity contribution in [1.82, 2.24) is 23.3 Å². The molecule has 5 aromatic heterocycles. The molecule has 5 heteroatoms. The molecule has 0 atom stereocenters. The number of aromatic nitrogens is 5. The van der Waals surface area contributed by atoms with Gasteiger partial charge >= 0.3 is 0 Å². The lowest BCUT2D eigenvalue weighted by molar-refractivity contribution is 0.577. The van der Waals surface area contributed by atoms with Gasteiger partial charge in [0, 0.05) is 65.9 Å². The van der Waals surface area contributed by atoms with Crippen LogP contribution in [0, 0.1) is 20.8 Å². The molecule has 5 nitrogen and oxygen atoms in total. The first kappa shape index (κ1) is 87.0. The summed E-state index contributed by atoms with van der Waals surface area (Å²) in [5, 5.41) is 10.2. The van der Waals surface area contributed by atoms with Crippen LogP contribution in [-0.4, -0.2) is 23.3 Å². The lowest BCUT2D eigenvalue weighted by Gasteiger charge is -2.28. The number of rotatable bonds is 6. The Bertz CT molecular complexity index is 7400. The topological polar surface area (TPSA) is 32.6 Å². The molecule has 0 aliphatic rings. The van der Waals surface area contributed by atoms with E-state index < -0.39 is 0 Å².